The van der Waals surface area contributed by atoms with Crippen molar-refractivity contribution in [2.75, 3.05) is 7.11 Å². The van der Waals surface area contributed by atoms with Crippen molar-refractivity contribution in [3.63, 3.8) is 0 Å². The molecule has 0 bridgehead atoms. The number of aromatic nitrogens is 1. The number of aromatic hydroxyl groups is 1. The third-order valence-corrected chi connectivity index (χ3v) is 3.64. The SMILES string of the molecule is COc1cc2c(cc1O)C(=O)c1cc(CO)cn1CC2. The van der Waals surface area contributed by atoms with Crippen LogP contribution in [0.25, 0.3) is 0 Å². The first kappa shape index (κ1) is 12.7. The maximum atomic E-state index is 12.6. The van der Waals surface area contributed by atoms with Crippen LogP contribution in [0.3, 0.4) is 0 Å². The number of hydrogen-bond acceptors (Lipinski definition) is 4. The van der Waals surface area contributed by atoms with Crippen molar-refractivity contribution in [3.8, 4) is 11.5 Å². The summed E-state index contributed by atoms with van der Waals surface area (Å²) in [5, 5.41) is 19.0. The van der Waals surface area contributed by atoms with Crippen molar-refractivity contribution in [1.29, 1.82) is 0 Å². The van der Waals surface area contributed by atoms with E-state index in [4.69, 9.17) is 9.84 Å². The van der Waals surface area contributed by atoms with Gasteiger partial charge in [0.2, 0.25) is 5.78 Å². The Hall–Kier alpha value is -2.27. The Kier molecular flexibility index (Phi) is 2.99. The van der Waals surface area contributed by atoms with Crippen LogP contribution in [-0.2, 0) is 19.6 Å². The second-order valence-corrected chi connectivity index (χ2v) is 4.85. The predicted molar refractivity (Wildman–Crippen MR) is 72.2 cm³/mol. The molecule has 3 rings (SSSR count). The fraction of sp³-hybridized carbons (Fsp3) is 0.267. The van der Waals surface area contributed by atoms with Crippen LogP contribution in [0.15, 0.2) is 24.4 Å². The number of ether oxygens (including phenoxy) is 1. The lowest BCUT2D eigenvalue weighted by Crippen LogP contribution is -2.06. The molecule has 2 heterocycles. The largest absolute Gasteiger partial charge is 0.504 e. The molecule has 20 heavy (non-hydrogen) atoms. The van der Waals surface area contributed by atoms with Crippen LogP contribution >= 0.6 is 0 Å². The van der Waals surface area contributed by atoms with Crippen molar-refractivity contribution >= 4 is 5.78 Å². The number of fused-ring (bicyclic) bond motifs is 2. The molecule has 0 amide bonds. The first-order valence-electron chi connectivity index (χ1n) is 6.38. The monoisotopic (exact) mass is 273 g/mol. The Morgan fingerprint density at radius 1 is 1.35 bits per heavy atom. The van der Waals surface area contributed by atoms with Crippen LogP contribution in [0.4, 0.5) is 0 Å². The molecule has 0 atom stereocenters. The zero-order valence-electron chi connectivity index (χ0n) is 11.1. The van der Waals surface area contributed by atoms with Gasteiger partial charge in [-0.15, -0.1) is 0 Å². The topological polar surface area (TPSA) is 71.7 Å². The Labute approximate surface area is 116 Å². The molecule has 0 spiro atoms. The number of methoxy groups -OCH3 is 1. The normalized spacial score (nSPS) is 13.6. The van der Waals surface area contributed by atoms with Gasteiger partial charge in [0, 0.05) is 18.3 Å². The number of ketones is 1. The molecule has 0 saturated carbocycles. The average Bonchev–Trinajstić information content (AvgIpc) is 2.83. The van der Waals surface area contributed by atoms with E-state index in [9.17, 15) is 9.90 Å². The summed E-state index contributed by atoms with van der Waals surface area (Å²) in [6, 6.07) is 4.86. The van der Waals surface area contributed by atoms with Crippen LogP contribution < -0.4 is 4.74 Å². The van der Waals surface area contributed by atoms with Gasteiger partial charge in [-0.05, 0) is 35.7 Å². The molecule has 0 saturated heterocycles. The summed E-state index contributed by atoms with van der Waals surface area (Å²) >= 11 is 0. The van der Waals surface area contributed by atoms with E-state index in [1.54, 1.807) is 18.3 Å². The Morgan fingerprint density at radius 3 is 2.85 bits per heavy atom. The van der Waals surface area contributed by atoms with Gasteiger partial charge in [-0.25, -0.2) is 0 Å². The maximum absolute atomic E-state index is 12.6. The van der Waals surface area contributed by atoms with E-state index >= 15 is 0 Å². The molecule has 104 valence electrons. The second-order valence-electron chi connectivity index (χ2n) is 4.85. The molecular formula is C15H15NO4. The smallest absolute Gasteiger partial charge is 0.209 e. The highest BCUT2D eigenvalue weighted by Crippen LogP contribution is 2.32. The summed E-state index contributed by atoms with van der Waals surface area (Å²) in [4.78, 5) is 12.6. The number of carbonyl (C=O) groups excluding carboxylic acids is 1. The number of aliphatic hydroxyl groups is 1. The van der Waals surface area contributed by atoms with E-state index < -0.39 is 0 Å². The third-order valence-electron chi connectivity index (χ3n) is 3.64. The Morgan fingerprint density at radius 2 is 2.15 bits per heavy atom. The van der Waals surface area contributed by atoms with E-state index in [0.717, 1.165) is 11.1 Å². The van der Waals surface area contributed by atoms with Gasteiger partial charge in [0.25, 0.3) is 0 Å². The number of rotatable bonds is 2. The van der Waals surface area contributed by atoms with Crippen LogP contribution in [0.5, 0.6) is 11.5 Å². The van der Waals surface area contributed by atoms with Crippen LogP contribution in [0.1, 0.15) is 27.2 Å². The van der Waals surface area contributed by atoms with Gasteiger partial charge in [-0.1, -0.05) is 0 Å². The van der Waals surface area contributed by atoms with E-state index in [0.29, 0.717) is 30.0 Å². The first-order chi connectivity index (χ1) is 9.63. The molecule has 0 radical (unpaired) electrons. The molecule has 5 nitrogen and oxygen atoms in total. The number of hydrogen-bond donors (Lipinski definition) is 2. The zero-order chi connectivity index (χ0) is 14.3. The van der Waals surface area contributed by atoms with Gasteiger partial charge in [0.1, 0.15) is 0 Å². The molecule has 2 N–H and O–H groups in total. The summed E-state index contributed by atoms with van der Waals surface area (Å²) in [5.41, 5.74) is 2.61. The minimum atomic E-state index is -0.143. The highest BCUT2D eigenvalue weighted by molar-refractivity contribution is 6.09. The lowest BCUT2D eigenvalue weighted by atomic mass is 9.99. The third kappa shape index (κ3) is 1.87. The number of aryl methyl sites for hydroxylation is 2. The van der Waals surface area contributed by atoms with Gasteiger partial charge in [0.05, 0.1) is 19.4 Å². The first-order valence-corrected chi connectivity index (χ1v) is 6.38. The summed E-state index contributed by atoms with van der Waals surface area (Å²) in [7, 11) is 1.48. The highest BCUT2D eigenvalue weighted by Gasteiger charge is 2.24. The summed E-state index contributed by atoms with van der Waals surface area (Å²) < 4.78 is 6.93. The quantitative estimate of drug-likeness (QED) is 0.869. The second kappa shape index (κ2) is 4.68. The maximum Gasteiger partial charge on any atom is 0.209 e. The molecular weight excluding hydrogens is 258 g/mol. The van der Waals surface area contributed by atoms with Gasteiger partial charge >= 0.3 is 0 Å². The van der Waals surface area contributed by atoms with Crippen molar-refractivity contribution in [2.45, 2.75) is 19.6 Å². The van der Waals surface area contributed by atoms with Gasteiger partial charge in [0.15, 0.2) is 11.5 Å². The van der Waals surface area contributed by atoms with E-state index in [1.165, 1.54) is 13.2 Å². The van der Waals surface area contributed by atoms with Crippen molar-refractivity contribution in [1.82, 2.24) is 4.57 Å². The molecule has 2 aromatic rings. The minimum Gasteiger partial charge on any atom is -0.504 e. The Bertz CT molecular complexity index is 687. The van der Waals surface area contributed by atoms with Crippen molar-refractivity contribution in [3.05, 3.63) is 46.8 Å². The van der Waals surface area contributed by atoms with Gasteiger partial charge in [-0.2, -0.15) is 0 Å². The fourth-order valence-corrected chi connectivity index (χ4v) is 2.60. The van der Waals surface area contributed by atoms with Crippen LogP contribution in [0, 0.1) is 0 Å². The molecule has 0 unspecified atom stereocenters. The molecule has 1 aromatic carbocycles. The lowest BCUT2D eigenvalue weighted by molar-refractivity contribution is 0.103. The van der Waals surface area contributed by atoms with Gasteiger partial charge < -0.3 is 19.5 Å². The predicted octanol–water partition coefficient (Wildman–Crippen LogP) is 1.48. The van der Waals surface area contributed by atoms with E-state index in [1.807, 2.05) is 4.57 Å². The van der Waals surface area contributed by atoms with E-state index in [2.05, 4.69) is 0 Å². The molecule has 1 aliphatic rings. The Balaban J connectivity index is 2.13. The van der Waals surface area contributed by atoms with Crippen molar-refractivity contribution in [2.24, 2.45) is 0 Å². The lowest BCUT2D eigenvalue weighted by Gasteiger charge is -2.09. The average molecular weight is 273 g/mol. The highest BCUT2D eigenvalue weighted by atomic mass is 16.5. The number of phenols is 1. The fourth-order valence-electron chi connectivity index (χ4n) is 2.60. The summed E-state index contributed by atoms with van der Waals surface area (Å²) in [5.74, 6) is 0.191. The minimum absolute atomic E-state index is 0.0398. The molecule has 5 heteroatoms. The van der Waals surface area contributed by atoms with Crippen LogP contribution in [0.2, 0.25) is 0 Å². The molecule has 1 aliphatic heterocycles. The van der Waals surface area contributed by atoms with E-state index in [-0.39, 0.29) is 18.1 Å². The number of phenolic OH excluding ortho intramolecular Hbond substituents is 1. The molecule has 1 aromatic heterocycles. The zero-order valence-corrected chi connectivity index (χ0v) is 11.1. The number of benzene rings is 1. The van der Waals surface area contributed by atoms with Crippen LogP contribution in [-0.4, -0.2) is 27.7 Å². The number of aliphatic hydroxyl groups excluding tert-OH is 1. The number of carbonyl (C=O) groups is 1. The van der Waals surface area contributed by atoms with Crippen molar-refractivity contribution < 1.29 is 19.7 Å². The number of nitrogens with zero attached hydrogens (tertiary/aromatic N) is 1. The molecule has 0 fully saturated rings. The summed E-state index contributed by atoms with van der Waals surface area (Å²) in [6.07, 6.45) is 2.46. The summed E-state index contributed by atoms with van der Waals surface area (Å²) in [6.45, 7) is 0.565. The van der Waals surface area contributed by atoms with Gasteiger partial charge in [-0.3, -0.25) is 4.79 Å². The standard InChI is InChI=1S/C15H15NO4/c1-20-14-5-10-2-3-16-7-9(8-17)4-12(16)15(19)11(10)6-13(14)18/h4-7,17-18H,2-3,8H2,1H3. The molecule has 0 aliphatic carbocycles.